The standard InChI is InChI=1S/C12H13NS2/c1-6-4-9-5-13-10-7(2)8(3)15-12(10)11(9)14-6/h4,13H,5H2,1-3H3. The molecule has 0 fully saturated rings. The summed E-state index contributed by atoms with van der Waals surface area (Å²) in [5, 5.41) is 3.54. The van der Waals surface area contributed by atoms with Crippen molar-refractivity contribution in [2.75, 3.05) is 5.32 Å². The molecule has 0 atom stereocenters. The number of nitrogens with one attached hydrogen (secondary N) is 1. The van der Waals surface area contributed by atoms with Gasteiger partial charge in [0.15, 0.2) is 0 Å². The van der Waals surface area contributed by atoms with E-state index in [1.165, 1.54) is 36.3 Å². The molecule has 0 unspecified atom stereocenters. The van der Waals surface area contributed by atoms with Gasteiger partial charge in [-0.2, -0.15) is 0 Å². The number of hydrogen-bond acceptors (Lipinski definition) is 3. The highest BCUT2D eigenvalue weighted by atomic mass is 32.1. The van der Waals surface area contributed by atoms with Crippen LogP contribution in [0, 0.1) is 20.8 Å². The van der Waals surface area contributed by atoms with Crippen LogP contribution in [-0.4, -0.2) is 0 Å². The van der Waals surface area contributed by atoms with Crippen LogP contribution in [0.15, 0.2) is 6.07 Å². The van der Waals surface area contributed by atoms with Crippen LogP contribution in [0.4, 0.5) is 5.69 Å². The normalized spacial score (nSPS) is 13.3. The summed E-state index contributed by atoms with van der Waals surface area (Å²) in [5.41, 5.74) is 4.25. The van der Waals surface area contributed by atoms with E-state index >= 15 is 0 Å². The number of thiophene rings is 2. The Hall–Kier alpha value is -0.800. The van der Waals surface area contributed by atoms with Crippen LogP contribution in [0.1, 0.15) is 20.9 Å². The molecule has 0 spiro atoms. The Bertz CT molecular complexity index is 534. The molecule has 1 nitrogen and oxygen atoms in total. The molecule has 0 amide bonds. The number of aryl methyl sites for hydroxylation is 2. The van der Waals surface area contributed by atoms with E-state index in [2.05, 4.69) is 32.2 Å². The first kappa shape index (κ1) is 9.43. The number of hydrogen-bond donors (Lipinski definition) is 1. The lowest BCUT2D eigenvalue weighted by atomic mass is 10.1. The Kier molecular flexibility index (Phi) is 1.94. The summed E-state index contributed by atoms with van der Waals surface area (Å²) in [4.78, 5) is 5.79. The summed E-state index contributed by atoms with van der Waals surface area (Å²) in [6, 6.07) is 2.31. The average molecular weight is 235 g/mol. The molecule has 0 saturated heterocycles. The van der Waals surface area contributed by atoms with Gasteiger partial charge in [-0.1, -0.05) is 0 Å². The van der Waals surface area contributed by atoms with Crippen molar-refractivity contribution in [1.82, 2.24) is 0 Å². The molecule has 0 radical (unpaired) electrons. The molecule has 2 aromatic heterocycles. The van der Waals surface area contributed by atoms with Crippen molar-refractivity contribution in [3.05, 3.63) is 26.9 Å². The Balaban J connectivity index is 2.29. The van der Waals surface area contributed by atoms with Crippen LogP contribution in [0.25, 0.3) is 9.75 Å². The topological polar surface area (TPSA) is 12.0 Å². The first-order valence-corrected chi connectivity index (χ1v) is 6.73. The third-order valence-corrected chi connectivity index (χ3v) is 5.44. The maximum Gasteiger partial charge on any atom is 0.0683 e. The van der Waals surface area contributed by atoms with Gasteiger partial charge < -0.3 is 5.32 Å². The van der Waals surface area contributed by atoms with Crippen LogP contribution in [0.5, 0.6) is 0 Å². The number of rotatable bonds is 0. The van der Waals surface area contributed by atoms with Crippen molar-refractivity contribution in [2.45, 2.75) is 27.3 Å². The Morgan fingerprint density at radius 3 is 2.73 bits per heavy atom. The molecule has 0 saturated carbocycles. The van der Waals surface area contributed by atoms with Gasteiger partial charge in [-0.15, -0.1) is 22.7 Å². The van der Waals surface area contributed by atoms with Gasteiger partial charge in [0.2, 0.25) is 0 Å². The van der Waals surface area contributed by atoms with E-state index in [1.807, 2.05) is 22.7 Å². The predicted molar refractivity (Wildman–Crippen MR) is 69.2 cm³/mol. The van der Waals surface area contributed by atoms with Gasteiger partial charge in [0.25, 0.3) is 0 Å². The highest BCUT2D eigenvalue weighted by Crippen LogP contribution is 2.47. The molecule has 3 rings (SSSR count). The van der Waals surface area contributed by atoms with Gasteiger partial charge in [0.1, 0.15) is 0 Å². The molecule has 3 heterocycles. The lowest BCUT2D eigenvalue weighted by molar-refractivity contribution is 1.14. The molecule has 1 N–H and O–H groups in total. The molecule has 0 aromatic carbocycles. The van der Waals surface area contributed by atoms with Crippen LogP contribution in [0.2, 0.25) is 0 Å². The first-order chi connectivity index (χ1) is 7.16. The van der Waals surface area contributed by atoms with Crippen molar-refractivity contribution in [2.24, 2.45) is 0 Å². The molecule has 1 aliphatic rings. The minimum Gasteiger partial charge on any atom is -0.379 e. The highest BCUT2D eigenvalue weighted by molar-refractivity contribution is 7.23. The molecule has 0 bridgehead atoms. The van der Waals surface area contributed by atoms with Crippen molar-refractivity contribution in [3.8, 4) is 9.75 Å². The van der Waals surface area contributed by atoms with E-state index in [0.29, 0.717) is 0 Å². The molecule has 2 aromatic rings. The average Bonchev–Trinajstić information content (AvgIpc) is 2.69. The lowest BCUT2D eigenvalue weighted by Crippen LogP contribution is -2.04. The Morgan fingerprint density at radius 2 is 1.93 bits per heavy atom. The van der Waals surface area contributed by atoms with Crippen molar-refractivity contribution in [1.29, 1.82) is 0 Å². The maximum absolute atomic E-state index is 3.54. The molecule has 0 aliphatic carbocycles. The second kappa shape index (κ2) is 3.09. The van der Waals surface area contributed by atoms with Crippen LogP contribution >= 0.6 is 22.7 Å². The summed E-state index contributed by atoms with van der Waals surface area (Å²) in [6.45, 7) is 7.60. The summed E-state index contributed by atoms with van der Waals surface area (Å²) >= 11 is 3.85. The Morgan fingerprint density at radius 1 is 1.13 bits per heavy atom. The fraction of sp³-hybridized carbons (Fsp3) is 0.333. The molecular formula is C12H13NS2. The lowest BCUT2D eigenvalue weighted by Gasteiger charge is -2.15. The highest BCUT2D eigenvalue weighted by Gasteiger charge is 2.22. The maximum atomic E-state index is 3.54. The third kappa shape index (κ3) is 1.26. The van der Waals surface area contributed by atoms with E-state index in [-0.39, 0.29) is 0 Å². The molecular weight excluding hydrogens is 222 g/mol. The zero-order chi connectivity index (χ0) is 10.6. The van der Waals surface area contributed by atoms with Gasteiger partial charge in [-0.3, -0.25) is 0 Å². The third-order valence-electron chi connectivity index (χ3n) is 2.98. The fourth-order valence-electron chi connectivity index (χ4n) is 2.07. The smallest absolute Gasteiger partial charge is 0.0683 e. The zero-order valence-corrected chi connectivity index (χ0v) is 10.7. The largest absolute Gasteiger partial charge is 0.379 e. The van der Waals surface area contributed by atoms with E-state index in [1.54, 1.807) is 0 Å². The molecule has 15 heavy (non-hydrogen) atoms. The van der Waals surface area contributed by atoms with Gasteiger partial charge >= 0.3 is 0 Å². The minimum absolute atomic E-state index is 0.990. The summed E-state index contributed by atoms with van der Waals surface area (Å²) in [6.07, 6.45) is 0. The van der Waals surface area contributed by atoms with Crippen LogP contribution < -0.4 is 5.32 Å². The summed E-state index contributed by atoms with van der Waals surface area (Å²) < 4.78 is 0. The molecule has 3 heteroatoms. The van der Waals surface area contributed by atoms with Crippen molar-refractivity contribution >= 4 is 28.4 Å². The summed E-state index contributed by atoms with van der Waals surface area (Å²) in [7, 11) is 0. The molecule has 1 aliphatic heterocycles. The van der Waals surface area contributed by atoms with E-state index in [9.17, 15) is 0 Å². The second-order valence-electron chi connectivity index (χ2n) is 4.05. The molecule has 78 valence electrons. The zero-order valence-electron chi connectivity index (χ0n) is 9.10. The quantitative estimate of drug-likeness (QED) is 0.716. The van der Waals surface area contributed by atoms with Crippen LogP contribution in [0.3, 0.4) is 0 Å². The summed E-state index contributed by atoms with van der Waals surface area (Å²) in [5.74, 6) is 0. The SMILES string of the molecule is Cc1cc2c(s1)-c1sc(C)c(C)c1NC2. The van der Waals surface area contributed by atoms with Gasteiger partial charge in [0, 0.05) is 16.3 Å². The first-order valence-electron chi connectivity index (χ1n) is 5.10. The van der Waals surface area contributed by atoms with Crippen molar-refractivity contribution < 1.29 is 0 Å². The van der Waals surface area contributed by atoms with Crippen molar-refractivity contribution in [3.63, 3.8) is 0 Å². The van der Waals surface area contributed by atoms with Gasteiger partial charge in [-0.05, 0) is 38.0 Å². The Labute approximate surface area is 97.8 Å². The van der Waals surface area contributed by atoms with E-state index < -0.39 is 0 Å². The number of anilines is 1. The predicted octanol–water partition coefficient (Wildman–Crippen LogP) is 4.33. The minimum atomic E-state index is 0.990. The second-order valence-corrected chi connectivity index (χ2v) is 6.53. The van der Waals surface area contributed by atoms with Gasteiger partial charge in [0.05, 0.1) is 15.4 Å². The van der Waals surface area contributed by atoms with E-state index in [0.717, 1.165) is 6.54 Å². The van der Waals surface area contributed by atoms with Gasteiger partial charge in [-0.25, -0.2) is 0 Å². The monoisotopic (exact) mass is 235 g/mol. The fourth-order valence-corrected chi connectivity index (χ4v) is 4.42. The van der Waals surface area contributed by atoms with Crippen LogP contribution in [-0.2, 0) is 6.54 Å². The van der Waals surface area contributed by atoms with E-state index in [4.69, 9.17) is 0 Å². The number of fused-ring (bicyclic) bond motifs is 3.